The van der Waals surface area contributed by atoms with Crippen molar-refractivity contribution in [2.45, 2.75) is 419 Å². The van der Waals surface area contributed by atoms with Gasteiger partial charge in [-0.25, -0.2) is 0 Å². The Labute approximate surface area is 516 Å². The van der Waals surface area contributed by atoms with E-state index in [9.17, 15) is 14.8 Å². The first-order valence-corrected chi connectivity index (χ1v) is 36.7. The van der Waals surface area contributed by atoms with Crippen LogP contribution in [-0.2, 0) is 19.7 Å². The summed E-state index contributed by atoms with van der Waals surface area (Å²) in [5.74, 6) is -4.69. The molecule has 7 nitrogen and oxygen atoms in total. The first-order valence-electron chi connectivity index (χ1n) is 35.3. The van der Waals surface area contributed by atoms with E-state index in [0.717, 1.165) is 154 Å². The van der Waals surface area contributed by atoms with Gasteiger partial charge in [0.1, 0.15) is 0 Å². The fourth-order valence-electron chi connectivity index (χ4n) is 14.1. The van der Waals surface area contributed by atoms with Gasteiger partial charge in [0, 0.05) is 5.41 Å². The second-order valence-electron chi connectivity index (χ2n) is 25.7. The predicted octanol–water partition coefficient (Wildman–Crippen LogP) is 23.5. The van der Waals surface area contributed by atoms with Crippen molar-refractivity contribution in [1.82, 2.24) is 0 Å². The summed E-state index contributed by atoms with van der Waals surface area (Å²) < 4.78 is 40.2. The molecule has 0 radical (unpaired) electrons. The van der Waals surface area contributed by atoms with Crippen LogP contribution in [0.3, 0.4) is 0 Å². The molecule has 0 fully saturated rings. The molecule has 0 heterocycles. The molecule has 0 aromatic rings. The quantitative estimate of drug-likeness (QED) is 0.0314. The van der Waals surface area contributed by atoms with Gasteiger partial charge in [-0.2, -0.15) is 8.42 Å². The van der Waals surface area contributed by atoms with E-state index in [4.69, 9.17) is 0 Å². The van der Waals surface area contributed by atoms with E-state index in [-0.39, 0.29) is 29.6 Å². The van der Waals surface area contributed by atoms with E-state index in [2.05, 4.69) is 41.5 Å². The van der Waals surface area contributed by atoms with Crippen LogP contribution in [0.2, 0.25) is 0 Å². The molecule has 3 N–H and O–H groups in total. The van der Waals surface area contributed by atoms with Gasteiger partial charge in [0.25, 0.3) is 10.1 Å². The average molecular weight is 1150 g/mol. The molecular weight excluding hydrogens is 1010 g/mol. The molecule has 0 aromatic heterocycles. The van der Waals surface area contributed by atoms with Gasteiger partial charge in [-0.05, 0) is 43.9 Å². The van der Waals surface area contributed by atoms with Crippen molar-refractivity contribution >= 4 is 51.6 Å². The molecule has 0 aromatic carbocycles. The van der Waals surface area contributed by atoms with Crippen LogP contribution in [0.4, 0.5) is 0 Å². The van der Waals surface area contributed by atoms with Gasteiger partial charge in [0.15, 0.2) is 0 Å². The van der Waals surface area contributed by atoms with Crippen molar-refractivity contribution in [1.29, 1.82) is 0 Å². The Balaban J connectivity index is 0. The number of hydrogen-bond acceptors (Lipinski definition) is 4. The molecule has 79 heavy (non-hydrogen) atoms. The predicted molar refractivity (Wildman–Crippen MR) is 347 cm³/mol. The van der Waals surface area contributed by atoms with Crippen molar-refractivity contribution in [3.63, 3.8) is 0 Å². The van der Waals surface area contributed by atoms with Gasteiger partial charge in [-0.15, -0.1) is 0 Å². The standard InChI is InChI=1S/C70H138O7S.Na.H/c1-7-13-19-25-31-37-42-48-54-60-68(59-53-47-41-35-29-23-17-11-5,61-55-49-43-38-32-26-20-14-8-2)65(66(71)72)70(67(73)74,78(75,76)77)69(62-56-50-44-36-30-24-18-12-6,63-57-51-45-39-33-27-21-15-9-3)64-58-52-46-40-34-28-22-16-10-4;;/h65H,7-64H2,1-6H3,(H,71,72)(H,73,74)(H,75,76,77);;. The Morgan fingerprint density at radius 2 is 0.468 bits per heavy atom. The maximum atomic E-state index is 15.3. The van der Waals surface area contributed by atoms with E-state index >= 15 is 18.0 Å². The summed E-state index contributed by atoms with van der Waals surface area (Å²) in [5.41, 5.74) is -2.55. The van der Waals surface area contributed by atoms with E-state index in [1.165, 1.54) is 161 Å². The molecular formula is C70H139NaO7S. The van der Waals surface area contributed by atoms with Gasteiger partial charge >= 0.3 is 41.5 Å². The van der Waals surface area contributed by atoms with Crippen molar-refractivity contribution in [3.05, 3.63) is 0 Å². The summed E-state index contributed by atoms with van der Waals surface area (Å²) in [6.07, 6.45) is 58.5. The number of unbranched alkanes of at least 4 members (excludes halogenated alkanes) is 46. The Bertz CT molecular complexity index is 1390. The first-order chi connectivity index (χ1) is 37.9. The van der Waals surface area contributed by atoms with Crippen LogP contribution >= 0.6 is 0 Å². The summed E-state index contributed by atoms with van der Waals surface area (Å²) in [7, 11) is -5.52. The minimum absolute atomic E-state index is 0. The average Bonchev–Trinajstić information content (AvgIpc) is 3.57. The Morgan fingerprint density at radius 3 is 0.620 bits per heavy atom. The molecule has 0 aliphatic heterocycles. The first kappa shape index (κ1) is 80.9. The zero-order valence-electron chi connectivity index (χ0n) is 53.5. The van der Waals surface area contributed by atoms with E-state index in [1.807, 2.05) is 0 Å². The van der Waals surface area contributed by atoms with Gasteiger partial charge in [-0.1, -0.05) is 375 Å². The van der Waals surface area contributed by atoms with Crippen LogP contribution in [0.25, 0.3) is 0 Å². The van der Waals surface area contributed by atoms with Crippen LogP contribution in [0.15, 0.2) is 0 Å². The normalized spacial score (nSPS) is 13.4. The second kappa shape index (κ2) is 55.7. The van der Waals surface area contributed by atoms with Crippen molar-refractivity contribution < 1.29 is 32.8 Å². The molecule has 0 spiro atoms. The minimum atomic E-state index is -5.52. The third kappa shape index (κ3) is 37.1. The summed E-state index contributed by atoms with van der Waals surface area (Å²) in [6.45, 7) is 13.4. The molecule has 0 amide bonds. The van der Waals surface area contributed by atoms with Gasteiger partial charge < -0.3 is 10.2 Å². The van der Waals surface area contributed by atoms with Crippen molar-refractivity contribution in [2.75, 3.05) is 0 Å². The Morgan fingerprint density at radius 1 is 0.304 bits per heavy atom. The summed E-state index contributed by atoms with van der Waals surface area (Å²) in [5, 5.41) is 24.6. The van der Waals surface area contributed by atoms with Crippen LogP contribution in [-0.4, -0.2) is 69.4 Å². The van der Waals surface area contributed by atoms with Crippen LogP contribution in [0.5, 0.6) is 0 Å². The number of rotatable bonds is 64. The van der Waals surface area contributed by atoms with Crippen LogP contribution in [0, 0.1) is 16.7 Å². The van der Waals surface area contributed by atoms with Crippen molar-refractivity contribution in [2.24, 2.45) is 16.7 Å². The van der Waals surface area contributed by atoms with Crippen LogP contribution in [0.1, 0.15) is 414 Å². The number of carboxylic acids is 2. The molecule has 0 aliphatic rings. The molecule has 468 valence electrons. The number of aliphatic carboxylic acids is 2. The van der Waals surface area contributed by atoms with E-state index in [1.54, 1.807) is 0 Å². The molecule has 0 saturated carbocycles. The fourth-order valence-corrected chi connectivity index (χ4v) is 15.9. The van der Waals surface area contributed by atoms with Crippen LogP contribution < -0.4 is 0 Å². The van der Waals surface area contributed by atoms with Crippen molar-refractivity contribution in [3.8, 4) is 0 Å². The number of carbonyl (C=O) groups is 2. The third-order valence-corrected chi connectivity index (χ3v) is 20.5. The summed E-state index contributed by atoms with van der Waals surface area (Å²) in [6, 6.07) is 0. The molecule has 9 heteroatoms. The van der Waals surface area contributed by atoms with Gasteiger partial charge in [0.2, 0.25) is 4.75 Å². The third-order valence-electron chi connectivity index (χ3n) is 18.9. The molecule has 2 atom stereocenters. The zero-order valence-corrected chi connectivity index (χ0v) is 54.3. The van der Waals surface area contributed by atoms with Gasteiger partial charge in [-0.3, -0.25) is 14.1 Å². The molecule has 2 unspecified atom stereocenters. The van der Waals surface area contributed by atoms with E-state index < -0.39 is 43.6 Å². The number of hydrogen-bond donors (Lipinski definition) is 3. The van der Waals surface area contributed by atoms with Gasteiger partial charge in [0.05, 0.1) is 5.92 Å². The fraction of sp³-hybridized carbons (Fsp3) is 0.971. The summed E-state index contributed by atoms with van der Waals surface area (Å²) >= 11 is 0. The molecule has 0 bridgehead atoms. The summed E-state index contributed by atoms with van der Waals surface area (Å²) in [4.78, 5) is 30.3. The second-order valence-corrected chi connectivity index (χ2v) is 27.3. The monoisotopic (exact) mass is 1150 g/mol. The molecule has 0 rings (SSSR count). The SMILES string of the molecule is CCCCCCCCCCCC(CCCCCCCCCC)(CCCCCCCCCCC)C(C(=O)O)C(C(=O)O)(C(CCCCCCCCCC)(CCCCCCCCCCC)CCCCCCCCCCC)S(=O)(=O)O.[NaH]. The Hall–Kier alpha value is -0.150. The molecule has 0 saturated heterocycles. The molecule has 0 aliphatic carbocycles. The zero-order chi connectivity index (χ0) is 57.7. The number of carboxylic acid groups (broad SMARTS) is 2. The topological polar surface area (TPSA) is 129 Å². The Kier molecular flexibility index (Phi) is 57.1. The maximum absolute atomic E-state index is 15.3. The van der Waals surface area contributed by atoms with E-state index in [0.29, 0.717) is 57.8 Å².